The van der Waals surface area contributed by atoms with Gasteiger partial charge in [0.1, 0.15) is 16.5 Å². The van der Waals surface area contributed by atoms with Gasteiger partial charge in [-0.15, -0.1) is 11.8 Å². The number of carbonyl (C=O) groups is 2. The molecule has 2 atom stereocenters. The van der Waals surface area contributed by atoms with Crippen LogP contribution >= 0.6 is 11.8 Å². The van der Waals surface area contributed by atoms with Gasteiger partial charge in [0.05, 0.1) is 19.1 Å². The van der Waals surface area contributed by atoms with E-state index >= 15 is 0 Å². The van der Waals surface area contributed by atoms with Crippen molar-refractivity contribution >= 4 is 35.3 Å². The van der Waals surface area contributed by atoms with Crippen LogP contribution in [0.3, 0.4) is 0 Å². The normalized spacial score (nSPS) is 23.2. The van der Waals surface area contributed by atoms with E-state index in [0.29, 0.717) is 12.3 Å². The van der Waals surface area contributed by atoms with E-state index in [0.717, 1.165) is 54.3 Å². The number of thioether (sulfide) groups is 1. The zero-order valence-electron chi connectivity index (χ0n) is 16.4. The van der Waals surface area contributed by atoms with Crippen molar-refractivity contribution in [3.05, 3.63) is 52.6 Å². The number of methoxy groups -OCH3 is 1. The number of nitrogens with zero attached hydrogens (tertiary/aromatic N) is 1. The first-order chi connectivity index (χ1) is 14.2. The molecule has 0 spiro atoms. The predicted molar refractivity (Wildman–Crippen MR) is 118 cm³/mol. The minimum Gasteiger partial charge on any atom is -0.497 e. The van der Waals surface area contributed by atoms with Crippen LogP contribution < -0.4 is 15.4 Å². The van der Waals surface area contributed by atoms with Crippen LogP contribution in [0.5, 0.6) is 5.75 Å². The Balaban J connectivity index is 1.44. The number of hydrogen-bond acceptors (Lipinski definition) is 5. The van der Waals surface area contributed by atoms with Gasteiger partial charge in [0.2, 0.25) is 5.91 Å². The molecular weight excluding hydrogens is 406 g/mol. The van der Waals surface area contributed by atoms with Gasteiger partial charge in [-0.1, -0.05) is 12.1 Å². The monoisotopic (exact) mass is 432 g/mol. The maximum Gasteiger partial charge on any atom is 0.269 e. The van der Waals surface area contributed by atoms with Gasteiger partial charge in [-0.25, -0.2) is 0 Å². The zero-order valence-corrected chi connectivity index (χ0v) is 18.1. The minimum atomic E-state index is -0.0575. The summed E-state index contributed by atoms with van der Waals surface area (Å²) in [7, 11) is 1.64. The van der Waals surface area contributed by atoms with Crippen molar-refractivity contribution in [3.8, 4) is 5.75 Å². The van der Waals surface area contributed by atoms with Gasteiger partial charge in [0.25, 0.3) is 11.4 Å². The molecule has 2 aliphatic heterocycles. The fourth-order valence-corrected chi connectivity index (χ4v) is 5.86. The van der Waals surface area contributed by atoms with E-state index in [1.54, 1.807) is 18.9 Å². The fraction of sp³-hybridized carbons (Fsp3) is 0.429. The lowest BCUT2D eigenvalue weighted by atomic mass is 9.94. The highest BCUT2D eigenvalue weighted by molar-refractivity contribution is 8.00. The second-order valence-electron chi connectivity index (χ2n) is 7.26. The minimum absolute atomic E-state index is 0.00888. The Bertz CT molecular complexity index is 830. The van der Waals surface area contributed by atoms with Gasteiger partial charge in [-0.2, -0.15) is 0 Å². The Morgan fingerprint density at radius 2 is 2.10 bits per heavy atom. The number of carbonyl (C=O) groups excluding carboxylic acids is 2. The Kier molecular flexibility index (Phi) is 6.40. The predicted octanol–water partition coefficient (Wildman–Crippen LogP) is 2.26. The van der Waals surface area contributed by atoms with Crippen LogP contribution in [0.2, 0.25) is 0 Å². The van der Waals surface area contributed by atoms with E-state index in [1.165, 1.54) is 5.57 Å². The topological polar surface area (TPSA) is 70.7 Å². The molecule has 1 aliphatic carbocycles. The quantitative estimate of drug-likeness (QED) is 0.511. The lowest BCUT2D eigenvalue weighted by Gasteiger charge is -2.27. The molecule has 1 aromatic rings. The van der Waals surface area contributed by atoms with Crippen LogP contribution in [0.4, 0.5) is 0 Å². The number of ether oxygens (including phenoxy) is 1. The Morgan fingerprint density at radius 3 is 2.83 bits per heavy atom. The first-order valence-corrected chi connectivity index (χ1v) is 11.9. The maximum absolute atomic E-state index is 13.1. The van der Waals surface area contributed by atoms with Gasteiger partial charge in [-0.3, -0.25) is 14.9 Å². The molecule has 4 rings (SSSR count). The second kappa shape index (κ2) is 9.17. The smallest absolute Gasteiger partial charge is 0.269 e. The molecule has 154 valence electrons. The summed E-state index contributed by atoms with van der Waals surface area (Å²) in [5.74, 6) is 1.26. The molecule has 2 N–H and O–H groups in total. The molecule has 29 heavy (non-hydrogen) atoms. The highest BCUT2D eigenvalue weighted by Gasteiger charge is 2.40. The van der Waals surface area contributed by atoms with E-state index in [1.807, 2.05) is 40.8 Å². The van der Waals surface area contributed by atoms with Crippen molar-refractivity contribution in [1.29, 1.82) is 0 Å². The highest BCUT2D eigenvalue weighted by Crippen LogP contribution is 2.41. The molecule has 1 aromatic carbocycles. The average Bonchev–Trinajstić information content (AvgIpc) is 3.34. The number of amides is 2. The summed E-state index contributed by atoms with van der Waals surface area (Å²) in [6, 6.07) is 7.83. The lowest BCUT2D eigenvalue weighted by molar-refractivity contribution is -0.126. The summed E-state index contributed by atoms with van der Waals surface area (Å²) < 4.78 is 5.23. The van der Waals surface area contributed by atoms with Crippen molar-refractivity contribution in [2.45, 2.75) is 43.1 Å². The van der Waals surface area contributed by atoms with Crippen molar-refractivity contribution in [2.24, 2.45) is 0 Å². The summed E-state index contributed by atoms with van der Waals surface area (Å²) in [6.07, 6.45) is 5.84. The average molecular weight is 433 g/mol. The molecule has 3 aliphatic rings. The molecule has 0 fully saturated rings. The van der Waals surface area contributed by atoms with Gasteiger partial charge in [0, 0.05) is 23.9 Å². The molecule has 2 amide bonds. The molecule has 0 bridgehead atoms. The maximum atomic E-state index is 13.1. The van der Waals surface area contributed by atoms with Crippen LogP contribution in [0.25, 0.3) is 0 Å². The molecule has 2 unspecified atom stereocenters. The lowest BCUT2D eigenvalue weighted by Crippen LogP contribution is -2.43. The SMILES string of the molecule is COc1ccc(CN2C(=O)C3=C(CCCC3)C2SCC(=O)NC2NC=C[SH+]2)cc1. The summed E-state index contributed by atoms with van der Waals surface area (Å²) in [5, 5.41) is 8.00. The largest absolute Gasteiger partial charge is 0.497 e. The third-order valence-electron chi connectivity index (χ3n) is 5.36. The summed E-state index contributed by atoms with van der Waals surface area (Å²) in [6.45, 7) is 0.543. The standard InChI is InChI=1S/C21H25N3O3S2/c1-27-15-8-6-14(7-9-15)12-24-19(26)16-4-2-3-5-17(16)20(24)29-13-18(25)23-21-22-10-11-28-21/h6-11,20-22H,2-5,12-13H2,1H3,(H,23,25)/p+1. The number of rotatable bonds is 7. The molecule has 8 heteroatoms. The fourth-order valence-electron chi connectivity index (χ4n) is 3.92. The van der Waals surface area contributed by atoms with Gasteiger partial charge < -0.3 is 15.0 Å². The Morgan fingerprint density at radius 1 is 1.31 bits per heavy atom. The summed E-state index contributed by atoms with van der Waals surface area (Å²) in [4.78, 5) is 27.4. The van der Waals surface area contributed by atoms with Crippen LogP contribution in [-0.2, 0) is 27.9 Å². The van der Waals surface area contributed by atoms with Crippen molar-refractivity contribution < 1.29 is 14.3 Å². The molecule has 6 nitrogen and oxygen atoms in total. The molecule has 0 saturated heterocycles. The highest BCUT2D eigenvalue weighted by atomic mass is 32.2. The number of benzene rings is 1. The van der Waals surface area contributed by atoms with Gasteiger partial charge in [0.15, 0.2) is 0 Å². The van der Waals surface area contributed by atoms with E-state index in [4.69, 9.17) is 4.74 Å². The molecule has 2 heterocycles. The van der Waals surface area contributed by atoms with E-state index < -0.39 is 0 Å². The van der Waals surface area contributed by atoms with Gasteiger partial charge in [-0.05, 0) is 49.0 Å². The molecule has 0 radical (unpaired) electrons. The van der Waals surface area contributed by atoms with E-state index in [-0.39, 0.29) is 22.7 Å². The number of hydrogen-bond donors (Lipinski definition) is 2. The molecule has 0 aromatic heterocycles. The number of thiol groups is 1. The Hall–Kier alpha value is -2.06. The first-order valence-electron chi connectivity index (χ1n) is 9.83. The van der Waals surface area contributed by atoms with Crippen molar-refractivity contribution in [3.63, 3.8) is 0 Å². The van der Waals surface area contributed by atoms with Gasteiger partial charge >= 0.3 is 0 Å². The van der Waals surface area contributed by atoms with Crippen molar-refractivity contribution in [1.82, 2.24) is 15.5 Å². The van der Waals surface area contributed by atoms with E-state index in [9.17, 15) is 9.59 Å². The van der Waals surface area contributed by atoms with Crippen LogP contribution in [0.1, 0.15) is 31.2 Å². The molecule has 0 saturated carbocycles. The third kappa shape index (κ3) is 4.59. The van der Waals surface area contributed by atoms with Crippen LogP contribution in [0, 0.1) is 0 Å². The summed E-state index contributed by atoms with van der Waals surface area (Å²) >= 11 is 2.61. The van der Waals surface area contributed by atoms with Crippen molar-refractivity contribution in [2.75, 3.05) is 12.9 Å². The number of nitrogens with one attached hydrogen (secondary N) is 2. The van der Waals surface area contributed by atoms with E-state index in [2.05, 4.69) is 10.6 Å². The molecular formula is C21H26N3O3S2+. The summed E-state index contributed by atoms with van der Waals surface area (Å²) in [5.41, 5.74) is 3.22. The zero-order chi connectivity index (χ0) is 20.2. The first kappa shape index (κ1) is 20.2. The van der Waals surface area contributed by atoms with Crippen LogP contribution in [0.15, 0.2) is 47.0 Å². The Labute approximate surface area is 179 Å². The van der Waals surface area contributed by atoms with Crippen LogP contribution in [-0.4, -0.2) is 40.4 Å². The third-order valence-corrected chi connectivity index (χ3v) is 7.54. The second-order valence-corrected chi connectivity index (χ2v) is 9.44.